The molecule has 6 heteroatoms. The number of hydrogen-bond acceptors (Lipinski definition) is 6. The van der Waals surface area contributed by atoms with Gasteiger partial charge in [-0.25, -0.2) is 9.97 Å². The van der Waals surface area contributed by atoms with E-state index in [0.29, 0.717) is 0 Å². The van der Waals surface area contributed by atoms with E-state index in [-0.39, 0.29) is 0 Å². The maximum atomic E-state index is 4.22. The minimum absolute atomic E-state index is 0.815. The zero-order valence-electron chi connectivity index (χ0n) is 10.2. The van der Waals surface area contributed by atoms with Crippen molar-refractivity contribution in [2.75, 3.05) is 12.4 Å². The highest BCUT2D eigenvalue weighted by atomic mass is 32.1. The van der Waals surface area contributed by atoms with Crippen molar-refractivity contribution in [3.05, 3.63) is 42.9 Å². The summed E-state index contributed by atoms with van der Waals surface area (Å²) in [6.45, 7) is 0. The second-order valence-electron chi connectivity index (χ2n) is 3.83. The van der Waals surface area contributed by atoms with E-state index >= 15 is 0 Å². The summed E-state index contributed by atoms with van der Waals surface area (Å²) in [5.41, 5.74) is 3.02. The van der Waals surface area contributed by atoms with Crippen LogP contribution in [0.2, 0.25) is 0 Å². The average molecular weight is 269 g/mol. The normalized spacial score (nSPS) is 10.4. The highest BCUT2D eigenvalue weighted by Crippen LogP contribution is 2.27. The van der Waals surface area contributed by atoms with Crippen molar-refractivity contribution in [1.82, 2.24) is 20.2 Å². The fourth-order valence-corrected chi connectivity index (χ4v) is 2.39. The van der Waals surface area contributed by atoms with E-state index in [9.17, 15) is 0 Å². The molecule has 0 atom stereocenters. The van der Waals surface area contributed by atoms with Gasteiger partial charge in [0.2, 0.25) is 5.13 Å². The first-order chi connectivity index (χ1) is 9.36. The van der Waals surface area contributed by atoms with Gasteiger partial charge in [0.1, 0.15) is 11.3 Å². The highest BCUT2D eigenvalue weighted by molar-refractivity contribution is 7.18. The minimum atomic E-state index is 0.815. The molecule has 2 aromatic heterocycles. The molecule has 0 saturated heterocycles. The third-order valence-electron chi connectivity index (χ3n) is 2.65. The molecule has 3 aromatic rings. The molecule has 0 unspecified atom stereocenters. The van der Waals surface area contributed by atoms with Crippen LogP contribution < -0.4 is 5.32 Å². The van der Waals surface area contributed by atoms with Gasteiger partial charge in [0.05, 0.1) is 5.69 Å². The zero-order valence-corrected chi connectivity index (χ0v) is 11.1. The van der Waals surface area contributed by atoms with Crippen molar-refractivity contribution in [3.63, 3.8) is 0 Å². The van der Waals surface area contributed by atoms with Gasteiger partial charge in [-0.2, -0.15) is 0 Å². The number of aromatic nitrogens is 4. The van der Waals surface area contributed by atoms with Gasteiger partial charge in [-0.3, -0.25) is 0 Å². The maximum Gasteiger partial charge on any atom is 0.205 e. The third-order valence-corrected chi connectivity index (χ3v) is 3.64. The molecule has 94 valence electrons. The first-order valence-electron chi connectivity index (χ1n) is 5.75. The molecule has 2 heterocycles. The van der Waals surface area contributed by atoms with E-state index in [2.05, 4.69) is 25.5 Å². The molecular weight excluding hydrogens is 258 g/mol. The Morgan fingerprint density at radius 1 is 1.00 bits per heavy atom. The number of nitrogens with zero attached hydrogens (tertiary/aromatic N) is 4. The lowest BCUT2D eigenvalue weighted by molar-refractivity contribution is 1.09. The van der Waals surface area contributed by atoms with Gasteiger partial charge >= 0.3 is 0 Å². The second-order valence-corrected chi connectivity index (χ2v) is 4.81. The molecule has 0 bridgehead atoms. The lowest BCUT2D eigenvalue weighted by Gasteiger charge is -2.00. The molecule has 5 nitrogen and oxygen atoms in total. The third kappa shape index (κ3) is 2.43. The van der Waals surface area contributed by atoms with Gasteiger partial charge in [-0.15, -0.1) is 10.2 Å². The molecule has 0 aliphatic rings. The van der Waals surface area contributed by atoms with Crippen molar-refractivity contribution in [3.8, 4) is 21.8 Å². The van der Waals surface area contributed by atoms with Crippen LogP contribution in [0.15, 0.2) is 42.9 Å². The van der Waals surface area contributed by atoms with E-state index in [1.165, 1.54) is 11.3 Å². The summed E-state index contributed by atoms with van der Waals surface area (Å²) in [5.74, 6) is 0. The van der Waals surface area contributed by atoms with Crippen LogP contribution in [-0.4, -0.2) is 27.2 Å². The van der Waals surface area contributed by atoms with Gasteiger partial charge in [-0.05, 0) is 6.07 Å². The van der Waals surface area contributed by atoms with Crippen LogP contribution in [0.1, 0.15) is 0 Å². The van der Waals surface area contributed by atoms with Gasteiger partial charge in [0.25, 0.3) is 0 Å². The van der Waals surface area contributed by atoms with Crippen LogP contribution in [0.3, 0.4) is 0 Å². The van der Waals surface area contributed by atoms with Crippen LogP contribution in [0, 0.1) is 0 Å². The first-order valence-corrected chi connectivity index (χ1v) is 6.56. The van der Waals surface area contributed by atoms with Crippen molar-refractivity contribution in [2.24, 2.45) is 0 Å². The van der Waals surface area contributed by atoms with Crippen molar-refractivity contribution < 1.29 is 0 Å². The number of anilines is 1. The molecule has 0 fully saturated rings. The molecule has 1 N–H and O–H groups in total. The predicted molar refractivity (Wildman–Crippen MR) is 75.9 cm³/mol. The Morgan fingerprint density at radius 3 is 2.42 bits per heavy atom. The van der Waals surface area contributed by atoms with Crippen LogP contribution in [-0.2, 0) is 0 Å². The van der Waals surface area contributed by atoms with E-state index in [1.54, 1.807) is 12.5 Å². The van der Waals surface area contributed by atoms with E-state index < -0.39 is 0 Å². The minimum Gasteiger partial charge on any atom is -0.363 e. The van der Waals surface area contributed by atoms with Crippen molar-refractivity contribution >= 4 is 16.5 Å². The average Bonchev–Trinajstić information content (AvgIpc) is 2.97. The SMILES string of the molecule is CNc1nnc(-c2ccc(-c3ccncn3)cc2)s1. The maximum absolute atomic E-state index is 4.22. The smallest absolute Gasteiger partial charge is 0.205 e. The van der Waals surface area contributed by atoms with Gasteiger partial charge in [0, 0.05) is 24.4 Å². The Balaban J connectivity index is 1.90. The summed E-state index contributed by atoms with van der Waals surface area (Å²) >= 11 is 1.53. The molecule has 1 aromatic carbocycles. The number of benzene rings is 1. The fraction of sp³-hybridized carbons (Fsp3) is 0.0769. The molecule has 0 radical (unpaired) electrons. The van der Waals surface area contributed by atoms with Gasteiger partial charge < -0.3 is 5.32 Å². The fourth-order valence-electron chi connectivity index (χ4n) is 1.69. The first kappa shape index (κ1) is 11.7. The summed E-state index contributed by atoms with van der Waals surface area (Å²) in [6, 6.07) is 9.99. The number of rotatable bonds is 3. The summed E-state index contributed by atoms with van der Waals surface area (Å²) in [5, 5.41) is 12.9. The summed E-state index contributed by atoms with van der Waals surface area (Å²) in [4.78, 5) is 8.14. The molecule has 0 spiro atoms. The van der Waals surface area contributed by atoms with Gasteiger partial charge in [0.15, 0.2) is 0 Å². The molecular formula is C13H11N5S. The molecule has 19 heavy (non-hydrogen) atoms. The Kier molecular flexibility index (Phi) is 3.16. The number of hydrogen-bond donors (Lipinski definition) is 1. The van der Waals surface area contributed by atoms with Crippen LogP contribution in [0.25, 0.3) is 21.8 Å². The Morgan fingerprint density at radius 2 is 1.79 bits per heavy atom. The standard InChI is InChI=1S/C13H11N5S/c1-14-13-18-17-12(19-13)10-4-2-9(3-5-10)11-6-7-15-8-16-11/h2-8H,1H3,(H,14,18). The van der Waals surface area contributed by atoms with Crippen LogP contribution in [0.4, 0.5) is 5.13 Å². The molecule has 3 rings (SSSR count). The molecule has 0 aliphatic carbocycles. The molecule has 0 amide bonds. The quantitative estimate of drug-likeness (QED) is 0.792. The Labute approximate surface area is 114 Å². The lowest BCUT2D eigenvalue weighted by Crippen LogP contribution is -1.84. The second kappa shape index (κ2) is 5.11. The summed E-state index contributed by atoms with van der Waals surface area (Å²) in [7, 11) is 1.84. The number of nitrogens with one attached hydrogen (secondary N) is 1. The Bertz CT molecular complexity index is 663. The molecule has 0 aliphatic heterocycles. The topological polar surface area (TPSA) is 63.6 Å². The largest absolute Gasteiger partial charge is 0.363 e. The van der Waals surface area contributed by atoms with E-state index in [0.717, 1.165) is 27.0 Å². The van der Waals surface area contributed by atoms with Crippen molar-refractivity contribution in [2.45, 2.75) is 0 Å². The zero-order chi connectivity index (χ0) is 13.1. The van der Waals surface area contributed by atoms with E-state index in [1.807, 2.05) is 37.4 Å². The highest BCUT2D eigenvalue weighted by Gasteiger charge is 2.06. The molecule has 0 saturated carbocycles. The van der Waals surface area contributed by atoms with Crippen LogP contribution in [0.5, 0.6) is 0 Å². The summed E-state index contributed by atoms with van der Waals surface area (Å²) in [6.07, 6.45) is 3.29. The van der Waals surface area contributed by atoms with Crippen molar-refractivity contribution in [1.29, 1.82) is 0 Å². The van der Waals surface area contributed by atoms with Gasteiger partial charge in [-0.1, -0.05) is 35.6 Å². The van der Waals surface area contributed by atoms with Crippen LogP contribution >= 0.6 is 11.3 Å². The summed E-state index contributed by atoms with van der Waals surface area (Å²) < 4.78 is 0. The Hall–Kier alpha value is -2.34. The van der Waals surface area contributed by atoms with E-state index in [4.69, 9.17) is 0 Å². The predicted octanol–water partition coefficient (Wildman–Crippen LogP) is 2.70. The lowest BCUT2D eigenvalue weighted by atomic mass is 10.1. The monoisotopic (exact) mass is 269 g/mol.